The Kier molecular flexibility index (Phi) is 6.92. The normalized spacial score (nSPS) is 10.9. The third-order valence-corrected chi connectivity index (χ3v) is 1.63. The highest BCUT2D eigenvalue weighted by Gasteiger charge is 2.04. The minimum absolute atomic E-state index is 0.0692. The lowest BCUT2D eigenvalue weighted by Crippen LogP contribution is -2.09. The first-order valence-electron chi connectivity index (χ1n) is 4.19. The molecule has 0 fully saturated rings. The third kappa shape index (κ3) is 5.64. The number of carbonyl (C=O) groups is 2. The first kappa shape index (κ1) is 13.0. The van der Waals surface area contributed by atoms with Crippen LogP contribution in [-0.2, 0) is 19.1 Å². The molecule has 0 atom stereocenters. The lowest BCUT2D eigenvalue weighted by molar-refractivity contribution is -0.138. The molecule has 0 saturated heterocycles. The van der Waals surface area contributed by atoms with Gasteiger partial charge in [-0.3, -0.25) is 4.79 Å². The van der Waals surface area contributed by atoms with Gasteiger partial charge in [-0.15, -0.1) is 0 Å². The molecule has 14 heavy (non-hydrogen) atoms. The predicted molar refractivity (Wildman–Crippen MR) is 55.2 cm³/mol. The number of hydrogen-bond donors (Lipinski definition) is 1. The molecule has 0 rings (SSSR count). The number of esters is 1. The minimum Gasteiger partial charge on any atom is -0.493 e. The third-order valence-electron chi connectivity index (χ3n) is 1.28. The molecule has 0 unspecified atom stereocenters. The van der Waals surface area contributed by atoms with Gasteiger partial charge in [0.15, 0.2) is 5.78 Å². The van der Waals surface area contributed by atoms with Gasteiger partial charge < -0.3 is 9.47 Å². The standard InChI is InChI=1S/C9H14O4S/c1-3-13-9(11)7(2)4-12-5-8(10)6-14/h4,14H,3,5-6H2,1-2H3. The second kappa shape index (κ2) is 7.44. The van der Waals surface area contributed by atoms with Crippen LogP contribution in [0.15, 0.2) is 11.8 Å². The van der Waals surface area contributed by atoms with Crippen molar-refractivity contribution in [2.75, 3.05) is 19.0 Å². The number of Topliss-reactive ketones (excluding diaryl/α,β-unsaturated/α-hetero) is 1. The van der Waals surface area contributed by atoms with Crippen molar-refractivity contribution in [1.29, 1.82) is 0 Å². The van der Waals surface area contributed by atoms with Gasteiger partial charge in [0.1, 0.15) is 6.61 Å². The van der Waals surface area contributed by atoms with Crippen LogP contribution in [0.3, 0.4) is 0 Å². The van der Waals surface area contributed by atoms with E-state index in [0.717, 1.165) is 0 Å². The predicted octanol–water partition coefficient (Wildman–Crippen LogP) is 0.969. The zero-order valence-electron chi connectivity index (χ0n) is 8.28. The smallest absolute Gasteiger partial charge is 0.336 e. The average Bonchev–Trinajstić information content (AvgIpc) is 2.17. The molecular formula is C9H14O4S. The Balaban J connectivity index is 3.87. The van der Waals surface area contributed by atoms with Crippen molar-refractivity contribution < 1.29 is 19.1 Å². The second-order valence-corrected chi connectivity index (χ2v) is 2.85. The number of thiol groups is 1. The Bertz CT molecular complexity index is 235. The monoisotopic (exact) mass is 218 g/mol. The summed E-state index contributed by atoms with van der Waals surface area (Å²) in [5.74, 6) is -0.446. The van der Waals surface area contributed by atoms with E-state index in [4.69, 9.17) is 9.47 Å². The molecule has 0 aliphatic carbocycles. The Hall–Kier alpha value is -0.970. The Morgan fingerprint density at radius 1 is 1.43 bits per heavy atom. The van der Waals surface area contributed by atoms with E-state index in [0.29, 0.717) is 12.2 Å². The van der Waals surface area contributed by atoms with Gasteiger partial charge in [0, 0.05) is 0 Å². The van der Waals surface area contributed by atoms with Crippen LogP contribution in [-0.4, -0.2) is 30.7 Å². The molecule has 0 N–H and O–H groups in total. The highest BCUT2D eigenvalue weighted by atomic mass is 32.1. The molecule has 0 aromatic carbocycles. The topological polar surface area (TPSA) is 52.6 Å². The maximum atomic E-state index is 11.0. The maximum Gasteiger partial charge on any atom is 0.336 e. The fourth-order valence-electron chi connectivity index (χ4n) is 0.598. The number of hydrogen-bond acceptors (Lipinski definition) is 5. The molecular weight excluding hydrogens is 204 g/mol. The van der Waals surface area contributed by atoms with Gasteiger partial charge in [0.05, 0.1) is 24.2 Å². The molecule has 0 heterocycles. The van der Waals surface area contributed by atoms with Crippen LogP contribution in [0.4, 0.5) is 0 Å². The van der Waals surface area contributed by atoms with Crippen molar-refractivity contribution in [3.05, 3.63) is 11.8 Å². The molecule has 4 nitrogen and oxygen atoms in total. The Labute approximate surface area is 88.7 Å². The summed E-state index contributed by atoms with van der Waals surface area (Å²) in [4.78, 5) is 21.8. The Morgan fingerprint density at radius 2 is 2.07 bits per heavy atom. The summed E-state index contributed by atoms with van der Waals surface area (Å²) < 4.78 is 9.55. The highest BCUT2D eigenvalue weighted by Crippen LogP contribution is 1.97. The van der Waals surface area contributed by atoms with Gasteiger partial charge in [-0.25, -0.2) is 4.79 Å². The van der Waals surface area contributed by atoms with Gasteiger partial charge in [-0.1, -0.05) is 0 Å². The first-order valence-corrected chi connectivity index (χ1v) is 4.83. The largest absolute Gasteiger partial charge is 0.493 e. The van der Waals surface area contributed by atoms with Gasteiger partial charge in [-0.05, 0) is 13.8 Å². The van der Waals surface area contributed by atoms with Gasteiger partial charge in [0.2, 0.25) is 0 Å². The van der Waals surface area contributed by atoms with Gasteiger partial charge >= 0.3 is 5.97 Å². The highest BCUT2D eigenvalue weighted by molar-refractivity contribution is 7.81. The van der Waals surface area contributed by atoms with E-state index in [9.17, 15) is 9.59 Å². The molecule has 80 valence electrons. The molecule has 0 aliphatic rings. The minimum atomic E-state index is -0.439. The van der Waals surface area contributed by atoms with Gasteiger partial charge in [0.25, 0.3) is 0 Å². The molecule has 0 amide bonds. The molecule has 0 bridgehead atoms. The summed E-state index contributed by atoms with van der Waals surface area (Å²) in [5.41, 5.74) is 0.332. The SMILES string of the molecule is CCOC(=O)C(C)=COCC(=O)CS. The van der Waals surface area contributed by atoms with Crippen molar-refractivity contribution in [2.45, 2.75) is 13.8 Å². The quantitative estimate of drug-likeness (QED) is 0.312. The average molecular weight is 218 g/mol. The van der Waals surface area contributed by atoms with Crippen molar-refractivity contribution in [3.8, 4) is 0 Å². The molecule has 0 aromatic heterocycles. The van der Waals surface area contributed by atoms with E-state index in [2.05, 4.69) is 12.6 Å². The van der Waals surface area contributed by atoms with Crippen LogP contribution in [0.25, 0.3) is 0 Å². The summed E-state index contributed by atoms with van der Waals surface area (Å²) in [6.07, 6.45) is 1.22. The zero-order valence-corrected chi connectivity index (χ0v) is 9.17. The van der Waals surface area contributed by atoms with E-state index in [1.165, 1.54) is 6.26 Å². The first-order chi connectivity index (χ1) is 6.61. The number of carbonyl (C=O) groups excluding carboxylic acids is 2. The lowest BCUT2D eigenvalue weighted by atomic mass is 10.3. The van der Waals surface area contributed by atoms with Crippen LogP contribution >= 0.6 is 12.6 Å². The van der Waals surface area contributed by atoms with E-state index < -0.39 is 5.97 Å². The van der Waals surface area contributed by atoms with Crippen LogP contribution in [0.5, 0.6) is 0 Å². The number of ether oxygens (including phenoxy) is 2. The molecule has 0 spiro atoms. The molecule has 0 aromatic rings. The molecule has 5 heteroatoms. The van der Waals surface area contributed by atoms with E-state index in [1.54, 1.807) is 13.8 Å². The molecule has 0 aliphatic heterocycles. The summed E-state index contributed by atoms with van der Waals surface area (Å²) in [5, 5.41) is 0. The van der Waals surface area contributed by atoms with Crippen molar-refractivity contribution in [2.24, 2.45) is 0 Å². The number of rotatable bonds is 6. The molecule has 0 radical (unpaired) electrons. The second-order valence-electron chi connectivity index (χ2n) is 2.53. The maximum absolute atomic E-state index is 11.0. The van der Waals surface area contributed by atoms with E-state index in [-0.39, 0.29) is 18.1 Å². The summed E-state index contributed by atoms with van der Waals surface area (Å²) in [7, 11) is 0. The van der Waals surface area contributed by atoms with Crippen molar-refractivity contribution in [3.63, 3.8) is 0 Å². The van der Waals surface area contributed by atoms with Crippen LogP contribution in [0.2, 0.25) is 0 Å². The zero-order chi connectivity index (χ0) is 11.0. The number of ketones is 1. The summed E-state index contributed by atoms with van der Waals surface area (Å²) in [6, 6.07) is 0. The summed E-state index contributed by atoms with van der Waals surface area (Å²) in [6.45, 7) is 3.53. The van der Waals surface area contributed by atoms with Crippen LogP contribution in [0, 0.1) is 0 Å². The lowest BCUT2D eigenvalue weighted by Gasteiger charge is -2.02. The van der Waals surface area contributed by atoms with Gasteiger partial charge in [-0.2, -0.15) is 12.6 Å². The summed E-state index contributed by atoms with van der Waals surface area (Å²) >= 11 is 3.77. The fraction of sp³-hybridized carbons (Fsp3) is 0.556. The fourth-order valence-corrected chi connectivity index (χ4v) is 0.690. The van der Waals surface area contributed by atoms with Crippen LogP contribution in [0.1, 0.15) is 13.8 Å². The van der Waals surface area contributed by atoms with E-state index in [1.807, 2.05) is 0 Å². The Morgan fingerprint density at radius 3 is 2.57 bits per heavy atom. The van der Waals surface area contributed by atoms with Crippen molar-refractivity contribution >= 4 is 24.4 Å². The van der Waals surface area contributed by atoms with Crippen LogP contribution < -0.4 is 0 Å². The van der Waals surface area contributed by atoms with E-state index >= 15 is 0 Å². The van der Waals surface area contributed by atoms with Crippen molar-refractivity contribution in [1.82, 2.24) is 0 Å². The molecule has 0 saturated carbocycles.